The summed E-state index contributed by atoms with van der Waals surface area (Å²) in [5.74, 6) is -0.907. The number of hydrogen-bond acceptors (Lipinski definition) is 7. The van der Waals surface area contributed by atoms with Gasteiger partial charge in [0, 0.05) is 12.4 Å². The van der Waals surface area contributed by atoms with Crippen molar-refractivity contribution in [3.8, 4) is 17.2 Å². The highest BCUT2D eigenvalue weighted by Crippen LogP contribution is 2.69. The van der Waals surface area contributed by atoms with E-state index in [1.807, 2.05) is 6.07 Å². The number of nitrogens with zero attached hydrogens (tertiary/aromatic N) is 6. The van der Waals surface area contributed by atoms with E-state index in [4.69, 9.17) is 4.98 Å². The van der Waals surface area contributed by atoms with E-state index in [9.17, 15) is 17.2 Å². The van der Waals surface area contributed by atoms with Gasteiger partial charge in [0.15, 0.2) is 0 Å². The molecule has 2 aliphatic carbocycles. The molecule has 3 heterocycles. The van der Waals surface area contributed by atoms with Crippen LogP contribution < -0.4 is 4.72 Å². The highest BCUT2D eigenvalue weighted by molar-refractivity contribution is 7.88. The normalized spacial score (nSPS) is 21.6. The Morgan fingerprint density at radius 1 is 1.13 bits per heavy atom. The molecule has 2 atom stereocenters. The van der Waals surface area contributed by atoms with Crippen molar-refractivity contribution in [2.45, 2.75) is 44.6 Å². The van der Waals surface area contributed by atoms with Crippen molar-refractivity contribution in [1.29, 1.82) is 0 Å². The third kappa shape index (κ3) is 3.65. The van der Waals surface area contributed by atoms with Gasteiger partial charge in [-0.15, -0.1) is 5.10 Å². The molecule has 2 bridgehead atoms. The molecule has 0 spiro atoms. The molecule has 2 aliphatic rings. The summed E-state index contributed by atoms with van der Waals surface area (Å²) in [5.41, 5.74) is 2.11. The maximum Gasteiger partial charge on any atom is 0.250 e. The number of fused-ring (bicyclic) bond motifs is 5. The number of sulfonamides is 1. The van der Waals surface area contributed by atoms with Crippen molar-refractivity contribution in [1.82, 2.24) is 34.7 Å². The maximum absolute atomic E-state index is 14.5. The van der Waals surface area contributed by atoms with E-state index >= 15 is 0 Å². The largest absolute Gasteiger partial charge is 0.250 e. The van der Waals surface area contributed by atoms with Gasteiger partial charge in [0.2, 0.25) is 10.0 Å². The molecule has 1 fully saturated rings. The van der Waals surface area contributed by atoms with Crippen LogP contribution in [0.1, 0.15) is 55.3 Å². The predicted molar refractivity (Wildman–Crippen MR) is 135 cm³/mol. The zero-order valence-electron chi connectivity index (χ0n) is 21.0. The Balaban J connectivity index is 1.41. The summed E-state index contributed by atoms with van der Waals surface area (Å²) in [4.78, 5) is 9.27. The quantitative estimate of drug-likeness (QED) is 0.399. The van der Waals surface area contributed by atoms with Gasteiger partial charge in [-0.2, -0.15) is 10.2 Å². The van der Waals surface area contributed by atoms with Crippen LogP contribution in [-0.4, -0.2) is 44.6 Å². The lowest BCUT2D eigenvalue weighted by Gasteiger charge is -2.37. The first-order chi connectivity index (χ1) is 18.0. The number of hydrogen-bond donors (Lipinski definition) is 1. The molecule has 38 heavy (non-hydrogen) atoms. The summed E-state index contributed by atoms with van der Waals surface area (Å²) >= 11 is 0. The van der Waals surface area contributed by atoms with Gasteiger partial charge in [0.05, 0.1) is 46.6 Å². The van der Waals surface area contributed by atoms with E-state index in [2.05, 4.69) is 38.8 Å². The minimum Gasteiger partial charge on any atom is -0.220 e. The van der Waals surface area contributed by atoms with Crippen LogP contribution in [0.5, 0.6) is 0 Å². The van der Waals surface area contributed by atoms with Gasteiger partial charge in [0.1, 0.15) is 11.6 Å². The second kappa shape index (κ2) is 8.43. The number of halogens is 2. The summed E-state index contributed by atoms with van der Waals surface area (Å²) in [6, 6.07) is 9.09. The molecule has 1 N–H and O–H groups in total. The molecule has 6 rings (SSSR count). The van der Waals surface area contributed by atoms with Gasteiger partial charge in [-0.25, -0.2) is 36.6 Å². The molecule has 0 aliphatic heterocycles. The van der Waals surface area contributed by atoms with Crippen LogP contribution >= 0.6 is 0 Å². The zero-order chi connectivity index (χ0) is 26.9. The monoisotopic (exact) mass is 537 g/mol. The van der Waals surface area contributed by atoms with E-state index in [1.54, 1.807) is 24.5 Å². The Labute approximate surface area is 218 Å². The van der Waals surface area contributed by atoms with Crippen LogP contribution in [0.4, 0.5) is 8.78 Å². The summed E-state index contributed by atoms with van der Waals surface area (Å²) < 4.78 is 55.8. The average Bonchev–Trinajstić information content (AvgIpc) is 3.50. The van der Waals surface area contributed by atoms with Crippen molar-refractivity contribution < 1.29 is 17.2 Å². The molecular weight excluding hydrogens is 512 g/mol. The number of aromatic nitrogens is 6. The van der Waals surface area contributed by atoms with Crippen LogP contribution in [0.15, 0.2) is 48.8 Å². The van der Waals surface area contributed by atoms with Gasteiger partial charge < -0.3 is 0 Å². The lowest BCUT2D eigenvalue weighted by Crippen LogP contribution is -2.38. The molecule has 0 radical (unpaired) electrons. The van der Waals surface area contributed by atoms with Gasteiger partial charge in [-0.05, 0) is 60.1 Å². The highest BCUT2D eigenvalue weighted by Gasteiger charge is 2.65. The summed E-state index contributed by atoms with van der Waals surface area (Å²) in [7, 11) is -3.35. The molecule has 0 saturated heterocycles. The smallest absolute Gasteiger partial charge is 0.220 e. The second-order valence-electron chi connectivity index (χ2n) is 10.4. The lowest BCUT2D eigenvalue weighted by atomic mass is 9.66. The van der Waals surface area contributed by atoms with Crippen molar-refractivity contribution in [3.05, 3.63) is 83.1 Å². The average molecular weight is 538 g/mol. The predicted octanol–water partition coefficient (Wildman–Crippen LogP) is 3.65. The Hall–Kier alpha value is -3.64. The Kier molecular flexibility index (Phi) is 5.48. The van der Waals surface area contributed by atoms with Crippen molar-refractivity contribution in [3.63, 3.8) is 0 Å². The van der Waals surface area contributed by atoms with Gasteiger partial charge in [-0.1, -0.05) is 19.9 Å². The van der Waals surface area contributed by atoms with E-state index in [0.717, 1.165) is 36.0 Å². The minimum absolute atomic E-state index is 0.0536. The fourth-order valence-corrected chi connectivity index (χ4v) is 6.64. The Morgan fingerprint density at radius 3 is 2.63 bits per heavy atom. The standard InChI is InChI=1S/C26H25F2N7O2S/c1-25(2)17-7-10-26(25,23-16(17)13-20(32-33-23)22-18(27)5-4-6-19(22)28)21-8-11-29-24(31-21)35-12-9-15(34-35)14-30-38(3,36)37/h4-6,8-9,11-13,17,30H,7,10,14H2,1-3H3/t17-,26-/m0/s1. The van der Waals surface area contributed by atoms with Crippen LogP contribution in [-0.2, 0) is 22.0 Å². The van der Waals surface area contributed by atoms with E-state index in [-0.39, 0.29) is 29.1 Å². The molecule has 12 heteroatoms. The molecule has 9 nitrogen and oxygen atoms in total. The van der Waals surface area contributed by atoms with Crippen molar-refractivity contribution in [2.24, 2.45) is 5.41 Å². The molecule has 4 aromatic rings. The lowest BCUT2D eigenvalue weighted by molar-refractivity contribution is 0.242. The first-order valence-electron chi connectivity index (χ1n) is 12.2. The molecule has 1 saturated carbocycles. The van der Waals surface area contributed by atoms with Crippen LogP contribution in [0, 0.1) is 17.0 Å². The van der Waals surface area contributed by atoms with Crippen molar-refractivity contribution in [2.75, 3.05) is 6.26 Å². The Morgan fingerprint density at radius 2 is 1.89 bits per heavy atom. The molecule has 196 valence electrons. The Bertz CT molecular complexity index is 1670. The molecule has 0 amide bonds. The second-order valence-corrected chi connectivity index (χ2v) is 12.3. The maximum atomic E-state index is 14.5. The minimum atomic E-state index is -3.35. The van der Waals surface area contributed by atoms with E-state index in [1.165, 1.54) is 22.9 Å². The third-order valence-corrected chi connectivity index (χ3v) is 8.71. The first kappa shape index (κ1) is 24.7. The fraction of sp³-hybridized carbons (Fsp3) is 0.346. The van der Waals surface area contributed by atoms with Crippen molar-refractivity contribution >= 4 is 10.0 Å². The SMILES string of the molecule is CC1(C)[C@H]2CC[C@]1(c1ccnc(-n3ccc(CNS(C)(=O)=O)n3)n1)c1nnc(-c3c(F)cccc3F)cc12. The topological polar surface area (TPSA) is 116 Å². The van der Waals surface area contributed by atoms with Crippen LogP contribution in [0.2, 0.25) is 0 Å². The number of benzene rings is 1. The first-order valence-corrected chi connectivity index (χ1v) is 14.1. The molecule has 0 unspecified atom stereocenters. The molecular formula is C26H25F2N7O2S. The van der Waals surface area contributed by atoms with E-state index < -0.39 is 27.1 Å². The fourth-order valence-electron chi connectivity index (χ4n) is 6.23. The number of nitrogens with one attached hydrogen (secondary N) is 1. The number of rotatable bonds is 6. The van der Waals surface area contributed by atoms with Crippen LogP contribution in [0.25, 0.3) is 17.2 Å². The zero-order valence-corrected chi connectivity index (χ0v) is 21.8. The third-order valence-electron chi connectivity index (χ3n) is 8.05. The summed E-state index contributed by atoms with van der Waals surface area (Å²) in [6.07, 6.45) is 6.09. The van der Waals surface area contributed by atoms with E-state index in [0.29, 0.717) is 11.6 Å². The van der Waals surface area contributed by atoms with Gasteiger partial charge in [-0.3, -0.25) is 0 Å². The summed E-state index contributed by atoms with van der Waals surface area (Å²) in [6.45, 7) is 4.39. The van der Waals surface area contributed by atoms with Gasteiger partial charge >= 0.3 is 0 Å². The summed E-state index contributed by atoms with van der Waals surface area (Å²) in [5, 5.41) is 13.3. The van der Waals surface area contributed by atoms with Gasteiger partial charge in [0.25, 0.3) is 5.95 Å². The highest BCUT2D eigenvalue weighted by atomic mass is 32.2. The van der Waals surface area contributed by atoms with Crippen LogP contribution in [0.3, 0.4) is 0 Å². The molecule has 1 aromatic carbocycles. The molecule has 3 aromatic heterocycles.